The van der Waals surface area contributed by atoms with Crippen molar-refractivity contribution in [3.05, 3.63) is 52.5 Å². The molecule has 0 aromatic heterocycles. The van der Waals surface area contributed by atoms with Crippen molar-refractivity contribution in [2.24, 2.45) is 5.14 Å². The second-order valence-corrected chi connectivity index (χ2v) is 6.68. The van der Waals surface area contributed by atoms with Gasteiger partial charge in [-0.15, -0.1) is 0 Å². The van der Waals surface area contributed by atoms with Crippen LogP contribution in [-0.2, 0) is 10.0 Å². The quantitative estimate of drug-likeness (QED) is 0.783. The number of nitrogens with one attached hydrogen (secondary N) is 2. The monoisotopic (exact) mass is 359 g/mol. The van der Waals surface area contributed by atoms with Crippen molar-refractivity contribution in [1.82, 2.24) is 0 Å². The summed E-state index contributed by atoms with van der Waals surface area (Å²) in [5, 5.41) is 10.8. The summed E-state index contributed by atoms with van der Waals surface area (Å²) < 4.78 is 22.3. The van der Waals surface area contributed by atoms with Crippen molar-refractivity contribution in [2.75, 3.05) is 10.6 Å². The Morgan fingerprint density at radius 3 is 2.18 bits per heavy atom. The molecule has 0 atom stereocenters. The third kappa shape index (κ3) is 4.35. The number of primary sulfonamides is 1. The molecule has 0 spiro atoms. The molecule has 9 heteroatoms. The molecular formula is C13H11Cl2N3O3S. The van der Waals surface area contributed by atoms with Crippen molar-refractivity contribution >= 4 is 50.6 Å². The molecule has 0 aliphatic rings. The molecule has 2 aromatic rings. The molecule has 2 amide bonds. The number of hydrogen-bond donors (Lipinski definition) is 3. The number of sulfonamides is 1. The van der Waals surface area contributed by atoms with Crippen molar-refractivity contribution < 1.29 is 13.2 Å². The minimum Gasteiger partial charge on any atom is -0.308 e. The molecule has 6 nitrogen and oxygen atoms in total. The van der Waals surface area contributed by atoms with E-state index in [-0.39, 0.29) is 4.90 Å². The number of anilines is 2. The Hall–Kier alpha value is -1.80. The number of halogens is 2. The zero-order valence-corrected chi connectivity index (χ0v) is 13.3. The maximum absolute atomic E-state index is 11.8. The highest BCUT2D eigenvalue weighted by Crippen LogP contribution is 2.25. The molecule has 0 unspecified atom stereocenters. The molecule has 0 saturated heterocycles. The SMILES string of the molecule is NS(=O)(=O)c1ccc(NC(=O)Nc2ccc(Cl)cc2Cl)cc1. The Kier molecular flexibility index (Phi) is 4.92. The summed E-state index contributed by atoms with van der Waals surface area (Å²) in [7, 11) is -3.76. The van der Waals surface area contributed by atoms with Gasteiger partial charge in [-0.3, -0.25) is 0 Å². The van der Waals surface area contributed by atoms with Crippen molar-refractivity contribution in [3.8, 4) is 0 Å². The number of amides is 2. The zero-order chi connectivity index (χ0) is 16.3. The molecular weight excluding hydrogens is 349 g/mol. The van der Waals surface area contributed by atoms with Gasteiger partial charge in [0.05, 0.1) is 15.6 Å². The highest BCUT2D eigenvalue weighted by atomic mass is 35.5. The lowest BCUT2D eigenvalue weighted by atomic mass is 10.3. The smallest absolute Gasteiger partial charge is 0.308 e. The van der Waals surface area contributed by atoms with E-state index in [4.69, 9.17) is 28.3 Å². The fraction of sp³-hybridized carbons (Fsp3) is 0. The summed E-state index contributed by atoms with van der Waals surface area (Å²) >= 11 is 11.7. The molecule has 2 aromatic carbocycles. The third-order valence-electron chi connectivity index (χ3n) is 2.62. The highest BCUT2D eigenvalue weighted by molar-refractivity contribution is 7.89. The Morgan fingerprint density at radius 1 is 1.00 bits per heavy atom. The first-order valence-electron chi connectivity index (χ1n) is 5.91. The average molecular weight is 360 g/mol. The molecule has 0 aliphatic heterocycles. The van der Waals surface area contributed by atoms with Crippen LogP contribution in [0.2, 0.25) is 10.0 Å². The molecule has 22 heavy (non-hydrogen) atoms. The third-order valence-corrected chi connectivity index (χ3v) is 4.10. The van der Waals surface area contributed by atoms with Gasteiger partial charge in [-0.2, -0.15) is 0 Å². The standard InChI is InChI=1S/C13H11Cl2N3O3S/c14-8-1-6-12(11(15)7-8)18-13(19)17-9-2-4-10(5-3-9)22(16,20)21/h1-7H,(H2,16,20,21)(H2,17,18,19). The van der Waals surface area contributed by atoms with Crippen LogP contribution in [0.5, 0.6) is 0 Å². The van der Waals surface area contributed by atoms with Gasteiger partial charge in [-0.1, -0.05) is 23.2 Å². The van der Waals surface area contributed by atoms with Crippen LogP contribution in [-0.4, -0.2) is 14.4 Å². The highest BCUT2D eigenvalue weighted by Gasteiger charge is 2.09. The van der Waals surface area contributed by atoms with Crippen molar-refractivity contribution in [1.29, 1.82) is 0 Å². The number of rotatable bonds is 3. The number of hydrogen-bond acceptors (Lipinski definition) is 3. The van der Waals surface area contributed by atoms with Gasteiger partial charge in [-0.05, 0) is 42.5 Å². The molecule has 0 bridgehead atoms. The van der Waals surface area contributed by atoms with Gasteiger partial charge < -0.3 is 10.6 Å². The summed E-state index contributed by atoms with van der Waals surface area (Å²) in [5.74, 6) is 0. The number of urea groups is 1. The Morgan fingerprint density at radius 2 is 1.64 bits per heavy atom. The van der Waals surface area contributed by atoms with Crippen LogP contribution in [0.4, 0.5) is 16.2 Å². The molecule has 2 rings (SSSR count). The van der Waals surface area contributed by atoms with Crippen molar-refractivity contribution in [2.45, 2.75) is 4.90 Å². The van der Waals surface area contributed by atoms with Crippen molar-refractivity contribution in [3.63, 3.8) is 0 Å². The minimum absolute atomic E-state index is 0.0424. The van der Waals surface area contributed by atoms with Gasteiger partial charge in [0.15, 0.2) is 0 Å². The van der Waals surface area contributed by atoms with Crippen LogP contribution in [0, 0.1) is 0 Å². The molecule has 116 valence electrons. The lowest BCUT2D eigenvalue weighted by molar-refractivity contribution is 0.262. The van der Waals surface area contributed by atoms with Gasteiger partial charge in [0.1, 0.15) is 0 Å². The van der Waals surface area contributed by atoms with Crippen LogP contribution >= 0.6 is 23.2 Å². The number of nitrogens with two attached hydrogens (primary N) is 1. The van der Waals surface area contributed by atoms with E-state index in [1.807, 2.05) is 0 Å². The molecule has 0 aliphatic carbocycles. The van der Waals surface area contributed by atoms with Gasteiger partial charge in [-0.25, -0.2) is 18.4 Å². The first kappa shape index (κ1) is 16.6. The summed E-state index contributed by atoms with van der Waals surface area (Å²) in [6.45, 7) is 0. The Bertz CT molecular complexity index is 808. The summed E-state index contributed by atoms with van der Waals surface area (Å²) in [4.78, 5) is 11.8. The zero-order valence-electron chi connectivity index (χ0n) is 11.0. The van der Waals surface area contributed by atoms with Gasteiger partial charge in [0, 0.05) is 10.7 Å². The molecule has 0 radical (unpaired) electrons. The van der Waals surface area contributed by atoms with Gasteiger partial charge in [0.25, 0.3) is 0 Å². The van der Waals surface area contributed by atoms with E-state index in [0.717, 1.165) is 0 Å². The fourth-order valence-electron chi connectivity index (χ4n) is 1.60. The average Bonchev–Trinajstić information content (AvgIpc) is 2.41. The fourth-order valence-corrected chi connectivity index (χ4v) is 2.57. The van der Waals surface area contributed by atoms with E-state index in [0.29, 0.717) is 21.4 Å². The first-order valence-corrected chi connectivity index (χ1v) is 8.22. The number of benzene rings is 2. The number of carbonyl (C=O) groups excluding carboxylic acids is 1. The number of carbonyl (C=O) groups is 1. The van der Waals surface area contributed by atoms with Crippen LogP contribution < -0.4 is 15.8 Å². The predicted octanol–water partition coefficient (Wildman–Crippen LogP) is 3.28. The van der Waals surface area contributed by atoms with Crippen LogP contribution in [0.3, 0.4) is 0 Å². The van der Waals surface area contributed by atoms with Crippen LogP contribution in [0.1, 0.15) is 0 Å². The van der Waals surface area contributed by atoms with E-state index >= 15 is 0 Å². The van der Waals surface area contributed by atoms with Gasteiger partial charge in [0.2, 0.25) is 10.0 Å². The Balaban J connectivity index is 2.06. The summed E-state index contributed by atoms with van der Waals surface area (Å²) in [5.41, 5.74) is 0.791. The molecule has 0 heterocycles. The van der Waals surface area contributed by atoms with E-state index in [1.165, 1.54) is 30.3 Å². The Labute approximate surface area is 137 Å². The first-order chi connectivity index (χ1) is 10.3. The van der Waals surface area contributed by atoms with E-state index in [2.05, 4.69) is 10.6 Å². The molecule has 0 fully saturated rings. The second kappa shape index (κ2) is 6.53. The molecule has 4 N–H and O–H groups in total. The van der Waals surface area contributed by atoms with E-state index < -0.39 is 16.1 Å². The van der Waals surface area contributed by atoms with E-state index in [9.17, 15) is 13.2 Å². The largest absolute Gasteiger partial charge is 0.323 e. The summed E-state index contributed by atoms with van der Waals surface area (Å²) in [6, 6.07) is 9.54. The van der Waals surface area contributed by atoms with E-state index in [1.54, 1.807) is 12.1 Å². The normalized spacial score (nSPS) is 11.0. The maximum Gasteiger partial charge on any atom is 0.323 e. The summed E-state index contributed by atoms with van der Waals surface area (Å²) in [6.07, 6.45) is 0. The molecule has 0 saturated carbocycles. The minimum atomic E-state index is -3.76. The maximum atomic E-state index is 11.8. The lowest BCUT2D eigenvalue weighted by Crippen LogP contribution is -2.19. The van der Waals surface area contributed by atoms with Gasteiger partial charge >= 0.3 is 6.03 Å². The lowest BCUT2D eigenvalue weighted by Gasteiger charge is -2.09. The van der Waals surface area contributed by atoms with Crippen LogP contribution in [0.15, 0.2) is 47.4 Å². The van der Waals surface area contributed by atoms with Crippen LogP contribution in [0.25, 0.3) is 0 Å². The second-order valence-electron chi connectivity index (χ2n) is 4.27. The topological polar surface area (TPSA) is 101 Å². The predicted molar refractivity (Wildman–Crippen MR) is 86.9 cm³/mol.